The lowest BCUT2D eigenvalue weighted by Gasteiger charge is -2.06. The van der Waals surface area contributed by atoms with E-state index in [0.717, 1.165) is 0 Å². The molecule has 18 heavy (non-hydrogen) atoms. The van der Waals surface area contributed by atoms with Crippen molar-refractivity contribution in [3.63, 3.8) is 0 Å². The fourth-order valence-electron chi connectivity index (χ4n) is 1.53. The number of aromatic carboxylic acids is 1. The average Bonchev–Trinajstić information content (AvgIpc) is 2.38. The summed E-state index contributed by atoms with van der Waals surface area (Å²) in [5.41, 5.74) is 0.705. The molecule has 1 aromatic heterocycles. The van der Waals surface area contributed by atoms with Gasteiger partial charge in [0.1, 0.15) is 11.6 Å². The second-order valence-corrected chi connectivity index (χ2v) is 3.59. The summed E-state index contributed by atoms with van der Waals surface area (Å²) in [5, 5.41) is 8.94. The Hall–Kier alpha value is -2.43. The second kappa shape index (κ2) is 4.83. The number of carboxylic acids is 1. The summed E-state index contributed by atoms with van der Waals surface area (Å²) in [7, 11) is 1.43. The molecule has 2 rings (SSSR count). The first kappa shape index (κ1) is 12.0. The molecule has 92 valence electrons. The van der Waals surface area contributed by atoms with Gasteiger partial charge in [-0.15, -0.1) is 0 Å². The summed E-state index contributed by atoms with van der Waals surface area (Å²) in [6, 6.07) is 8.64. The largest absolute Gasteiger partial charge is 0.497 e. The Morgan fingerprint density at radius 2 is 2.11 bits per heavy atom. The fraction of sp³-hybridized carbons (Fsp3) is 0.0769. The van der Waals surface area contributed by atoms with E-state index in [2.05, 4.69) is 4.98 Å². The van der Waals surface area contributed by atoms with Gasteiger partial charge in [0.25, 0.3) is 0 Å². The molecule has 0 saturated carbocycles. The average molecular weight is 247 g/mol. The van der Waals surface area contributed by atoms with Gasteiger partial charge in [-0.1, -0.05) is 12.1 Å². The minimum Gasteiger partial charge on any atom is -0.497 e. The lowest BCUT2D eigenvalue weighted by atomic mass is 10.1. The van der Waals surface area contributed by atoms with Crippen LogP contribution in [0.15, 0.2) is 36.4 Å². The van der Waals surface area contributed by atoms with Crippen molar-refractivity contribution < 1.29 is 19.0 Å². The van der Waals surface area contributed by atoms with Crippen molar-refractivity contribution >= 4 is 5.97 Å². The molecule has 0 bridgehead atoms. The Morgan fingerprint density at radius 1 is 1.33 bits per heavy atom. The highest BCUT2D eigenvalue weighted by Crippen LogP contribution is 2.23. The predicted octanol–water partition coefficient (Wildman–Crippen LogP) is 2.59. The molecule has 1 aromatic carbocycles. The smallest absolute Gasteiger partial charge is 0.354 e. The molecule has 0 fully saturated rings. The number of halogens is 1. The lowest BCUT2D eigenvalue weighted by Crippen LogP contribution is -2.02. The van der Waals surface area contributed by atoms with Crippen LogP contribution in [-0.2, 0) is 0 Å². The van der Waals surface area contributed by atoms with Crippen LogP contribution in [0, 0.1) is 5.82 Å². The highest BCUT2D eigenvalue weighted by Gasteiger charge is 2.11. The zero-order valence-corrected chi connectivity index (χ0v) is 9.55. The van der Waals surface area contributed by atoms with Crippen molar-refractivity contribution in [3.8, 4) is 17.0 Å². The first-order chi connectivity index (χ1) is 8.60. The number of benzene rings is 1. The molecule has 0 aliphatic heterocycles. The van der Waals surface area contributed by atoms with Gasteiger partial charge in [0.15, 0.2) is 5.69 Å². The quantitative estimate of drug-likeness (QED) is 0.905. The van der Waals surface area contributed by atoms with Gasteiger partial charge >= 0.3 is 5.97 Å². The third-order valence-electron chi connectivity index (χ3n) is 2.37. The summed E-state index contributed by atoms with van der Waals surface area (Å²) in [6.07, 6.45) is 0. The van der Waals surface area contributed by atoms with Gasteiger partial charge in [-0.05, 0) is 12.1 Å². The van der Waals surface area contributed by atoms with Crippen LogP contribution in [0.25, 0.3) is 11.3 Å². The van der Waals surface area contributed by atoms with E-state index in [4.69, 9.17) is 9.84 Å². The van der Waals surface area contributed by atoms with Gasteiger partial charge in [-0.3, -0.25) is 0 Å². The van der Waals surface area contributed by atoms with E-state index in [1.807, 2.05) is 0 Å². The minimum absolute atomic E-state index is 0.145. The molecule has 0 aliphatic carbocycles. The standard InChI is InChI=1S/C13H10FNO3/c1-18-10-6-11(15-12(7-10)13(16)17)8-3-2-4-9(14)5-8/h2-7H,1H3,(H,16,17). The van der Waals surface area contributed by atoms with Gasteiger partial charge in [-0.25, -0.2) is 14.2 Å². The van der Waals surface area contributed by atoms with Crippen LogP contribution in [0.4, 0.5) is 4.39 Å². The maximum absolute atomic E-state index is 13.1. The molecule has 1 N–H and O–H groups in total. The first-order valence-electron chi connectivity index (χ1n) is 5.15. The summed E-state index contributed by atoms with van der Waals surface area (Å²) in [6.45, 7) is 0. The predicted molar refractivity (Wildman–Crippen MR) is 63.1 cm³/mol. The number of nitrogens with zero attached hydrogens (tertiary/aromatic N) is 1. The molecule has 0 unspecified atom stereocenters. The number of ether oxygens (including phenoxy) is 1. The molecular weight excluding hydrogens is 237 g/mol. The minimum atomic E-state index is -1.16. The maximum atomic E-state index is 13.1. The number of hydrogen-bond donors (Lipinski definition) is 1. The Bertz CT molecular complexity index is 599. The molecule has 4 nitrogen and oxygen atoms in total. The van der Waals surface area contributed by atoms with Gasteiger partial charge in [0.2, 0.25) is 0 Å². The van der Waals surface area contributed by atoms with Gasteiger partial charge in [-0.2, -0.15) is 0 Å². The molecule has 0 spiro atoms. The first-order valence-corrected chi connectivity index (χ1v) is 5.15. The fourth-order valence-corrected chi connectivity index (χ4v) is 1.53. The van der Waals surface area contributed by atoms with Gasteiger partial charge < -0.3 is 9.84 Å². The maximum Gasteiger partial charge on any atom is 0.354 e. The molecule has 1 heterocycles. The number of rotatable bonds is 3. The number of carboxylic acid groups (broad SMARTS) is 1. The van der Waals surface area contributed by atoms with E-state index >= 15 is 0 Å². The van der Waals surface area contributed by atoms with Crippen molar-refractivity contribution in [1.82, 2.24) is 4.98 Å². The van der Waals surface area contributed by atoms with Crippen molar-refractivity contribution in [3.05, 3.63) is 47.9 Å². The van der Waals surface area contributed by atoms with Crippen LogP contribution in [0.3, 0.4) is 0 Å². The van der Waals surface area contributed by atoms with Crippen LogP contribution in [-0.4, -0.2) is 23.2 Å². The van der Waals surface area contributed by atoms with Crippen molar-refractivity contribution in [1.29, 1.82) is 0 Å². The molecule has 0 atom stereocenters. The zero-order valence-electron chi connectivity index (χ0n) is 9.55. The Balaban J connectivity index is 2.56. The third kappa shape index (κ3) is 2.45. The van der Waals surface area contributed by atoms with E-state index in [0.29, 0.717) is 17.0 Å². The van der Waals surface area contributed by atoms with E-state index < -0.39 is 11.8 Å². The second-order valence-electron chi connectivity index (χ2n) is 3.59. The number of methoxy groups -OCH3 is 1. The molecule has 5 heteroatoms. The topological polar surface area (TPSA) is 59.4 Å². The highest BCUT2D eigenvalue weighted by atomic mass is 19.1. The van der Waals surface area contributed by atoms with Crippen LogP contribution >= 0.6 is 0 Å². The summed E-state index contributed by atoms with van der Waals surface area (Å²) < 4.78 is 18.1. The summed E-state index contributed by atoms with van der Waals surface area (Å²) >= 11 is 0. The lowest BCUT2D eigenvalue weighted by molar-refractivity contribution is 0.0690. The molecule has 0 amide bonds. The molecule has 0 saturated heterocycles. The molecular formula is C13H10FNO3. The normalized spacial score (nSPS) is 10.1. The number of aromatic nitrogens is 1. The van der Waals surface area contributed by atoms with Crippen LogP contribution in [0.5, 0.6) is 5.75 Å². The summed E-state index contributed by atoms with van der Waals surface area (Å²) in [4.78, 5) is 14.9. The van der Waals surface area contributed by atoms with Crippen LogP contribution < -0.4 is 4.74 Å². The van der Waals surface area contributed by atoms with Crippen molar-refractivity contribution in [2.24, 2.45) is 0 Å². The van der Waals surface area contributed by atoms with E-state index in [-0.39, 0.29) is 5.69 Å². The van der Waals surface area contributed by atoms with E-state index in [1.54, 1.807) is 12.1 Å². The third-order valence-corrected chi connectivity index (χ3v) is 2.37. The van der Waals surface area contributed by atoms with Crippen molar-refractivity contribution in [2.45, 2.75) is 0 Å². The zero-order chi connectivity index (χ0) is 13.1. The SMILES string of the molecule is COc1cc(C(=O)O)nc(-c2cccc(F)c2)c1. The summed E-state index contributed by atoms with van der Waals surface area (Å²) in [5.74, 6) is -1.21. The van der Waals surface area contributed by atoms with Crippen LogP contribution in [0.1, 0.15) is 10.5 Å². The van der Waals surface area contributed by atoms with Crippen LogP contribution in [0.2, 0.25) is 0 Å². The highest BCUT2D eigenvalue weighted by molar-refractivity contribution is 5.86. The molecule has 2 aromatic rings. The molecule has 0 aliphatic rings. The number of pyridine rings is 1. The molecule has 0 radical (unpaired) electrons. The van der Waals surface area contributed by atoms with E-state index in [1.165, 1.54) is 31.4 Å². The number of hydrogen-bond acceptors (Lipinski definition) is 3. The van der Waals surface area contributed by atoms with E-state index in [9.17, 15) is 9.18 Å². The van der Waals surface area contributed by atoms with Gasteiger partial charge in [0.05, 0.1) is 12.8 Å². The Labute approximate surface area is 103 Å². The Morgan fingerprint density at radius 3 is 2.72 bits per heavy atom. The van der Waals surface area contributed by atoms with Gasteiger partial charge in [0, 0.05) is 17.7 Å². The Kier molecular flexibility index (Phi) is 3.23. The monoisotopic (exact) mass is 247 g/mol. The number of carbonyl (C=O) groups is 1. The van der Waals surface area contributed by atoms with Crippen molar-refractivity contribution in [2.75, 3.05) is 7.11 Å².